The van der Waals surface area contributed by atoms with E-state index >= 15 is 0 Å². The number of hydrogen-bond donors (Lipinski definition) is 2. The number of nitrogens with zero attached hydrogens (tertiary/aromatic N) is 2. The van der Waals surface area contributed by atoms with Gasteiger partial charge in [0.2, 0.25) is 0 Å². The number of carbonyl (C=O) groups is 2. The summed E-state index contributed by atoms with van der Waals surface area (Å²) in [6.07, 6.45) is 3.45. The van der Waals surface area contributed by atoms with Crippen molar-refractivity contribution in [2.45, 2.75) is 24.6 Å². The first-order valence-corrected chi connectivity index (χ1v) is 14.8. The number of aromatic nitrogens is 1. The number of hydrogen-bond acceptors (Lipinski definition) is 8. The SMILES string of the molecule is CC(CCN1Cc2cc(C#Cc3ccc(OCCS(C)(=O)=O)cc3)cn2C1=O)(C(=O)NO)S(C)(=O)=O. The highest BCUT2D eigenvalue weighted by molar-refractivity contribution is 7.92. The van der Waals surface area contributed by atoms with Gasteiger partial charge < -0.3 is 9.64 Å². The lowest BCUT2D eigenvalue weighted by Gasteiger charge is -2.27. The standard InChI is InChI=1S/C23H27N3O8S2/c1-23(21(27)24-29,36(3,32)33)10-11-25-16-19-14-18(15-26(19)22(25)28)5-4-17-6-8-20(9-7-17)34-12-13-35(2,30)31/h6-9,14-15,29H,10-13,16H2,1-3H3,(H,24,27). The molecule has 11 nitrogen and oxygen atoms in total. The lowest BCUT2D eigenvalue weighted by atomic mass is 10.1. The van der Waals surface area contributed by atoms with Gasteiger partial charge in [-0.05, 0) is 43.7 Å². The molecular formula is C23H27N3O8S2. The number of benzene rings is 1. The van der Waals surface area contributed by atoms with Gasteiger partial charge in [-0.3, -0.25) is 14.6 Å². The van der Waals surface area contributed by atoms with Crippen LogP contribution in [-0.4, -0.2) is 79.6 Å². The molecule has 1 unspecified atom stereocenters. The monoisotopic (exact) mass is 537 g/mol. The molecule has 3 rings (SSSR count). The zero-order valence-electron chi connectivity index (χ0n) is 20.0. The van der Waals surface area contributed by atoms with E-state index in [0.717, 1.165) is 12.5 Å². The number of rotatable bonds is 9. The topological polar surface area (TPSA) is 152 Å². The van der Waals surface area contributed by atoms with E-state index < -0.39 is 30.3 Å². The van der Waals surface area contributed by atoms with Crippen molar-refractivity contribution in [1.29, 1.82) is 0 Å². The summed E-state index contributed by atoms with van der Waals surface area (Å²) in [7, 11) is -6.95. The Morgan fingerprint density at radius 3 is 2.33 bits per heavy atom. The molecule has 1 aromatic heterocycles. The van der Waals surface area contributed by atoms with E-state index in [2.05, 4.69) is 11.8 Å². The van der Waals surface area contributed by atoms with Gasteiger partial charge in [0.15, 0.2) is 24.4 Å². The van der Waals surface area contributed by atoms with E-state index in [1.54, 1.807) is 36.5 Å². The van der Waals surface area contributed by atoms with Crippen molar-refractivity contribution in [3.8, 4) is 17.6 Å². The number of fused-ring (bicyclic) bond motifs is 1. The zero-order chi connectivity index (χ0) is 26.7. The fourth-order valence-electron chi connectivity index (χ4n) is 3.49. The van der Waals surface area contributed by atoms with E-state index in [0.29, 0.717) is 22.6 Å². The van der Waals surface area contributed by atoms with Crippen LogP contribution in [0.1, 0.15) is 30.2 Å². The molecule has 13 heteroatoms. The van der Waals surface area contributed by atoms with Crippen molar-refractivity contribution in [2.75, 3.05) is 31.4 Å². The Balaban J connectivity index is 1.62. The van der Waals surface area contributed by atoms with Gasteiger partial charge in [0.25, 0.3) is 5.91 Å². The summed E-state index contributed by atoms with van der Waals surface area (Å²) in [5.41, 5.74) is 3.38. The van der Waals surface area contributed by atoms with Gasteiger partial charge in [-0.1, -0.05) is 11.8 Å². The molecule has 36 heavy (non-hydrogen) atoms. The average molecular weight is 538 g/mol. The van der Waals surface area contributed by atoms with Crippen molar-refractivity contribution in [1.82, 2.24) is 14.9 Å². The Morgan fingerprint density at radius 1 is 1.14 bits per heavy atom. The quantitative estimate of drug-likeness (QED) is 0.271. The van der Waals surface area contributed by atoms with E-state index in [-0.39, 0.29) is 37.9 Å². The van der Waals surface area contributed by atoms with Gasteiger partial charge in [0.1, 0.15) is 12.4 Å². The summed E-state index contributed by atoms with van der Waals surface area (Å²) < 4.78 is 51.5. The molecule has 2 amide bonds. The maximum absolute atomic E-state index is 12.8. The molecule has 0 radical (unpaired) electrons. The number of amides is 2. The third-order valence-corrected chi connectivity index (χ3v) is 8.85. The summed E-state index contributed by atoms with van der Waals surface area (Å²) in [6, 6.07) is 8.24. The lowest BCUT2D eigenvalue weighted by Crippen LogP contribution is -2.50. The van der Waals surface area contributed by atoms with Gasteiger partial charge in [-0.2, -0.15) is 0 Å². The number of nitrogens with one attached hydrogen (secondary N) is 1. The van der Waals surface area contributed by atoms with Crippen LogP contribution in [0.25, 0.3) is 0 Å². The highest BCUT2D eigenvalue weighted by atomic mass is 32.2. The second-order valence-electron chi connectivity index (χ2n) is 8.74. The summed E-state index contributed by atoms with van der Waals surface area (Å²) >= 11 is 0. The Bertz CT molecular complexity index is 1430. The van der Waals surface area contributed by atoms with Gasteiger partial charge in [-0.15, -0.1) is 0 Å². The van der Waals surface area contributed by atoms with E-state index in [1.165, 1.54) is 21.9 Å². The van der Waals surface area contributed by atoms with Crippen molar-refractivity contribution < 1.29 is 36.4 Å². The van der Waals surface area contributed by atoms with E-state index in [1.807, 2.05) is 0 Å². The van der Waals surface area contributed by atoms with Gasteiger partial charge >= 0.3 is 6.03 Å². The van der Waals surface area contributed by atoms with Crippen molar-refractivity contribution in [2.24, 2.45) is 0 Å². The third kappa shape index (κ3) is 6.26. The van der Waals surface area contributed by atoms with Crippen LogP contribution in [0.5, 0.6) is 5.75 Å². The van der Waals surface area contributed by atoms with E-state index in [9.17, 15) is 26.4 Å². The van der Waals surface area contributed by atoms with Gasteiger partial charge in [0, 0.05) is 42.1 Å². The molecule has 2 N–H and O–H groups in total. The maximum Gasteiger partial charge on any atom is 0.328 e. The van der Waals surface area contributed by atoms with Crippen molar-refractivity contribution in [3.05, 3.63) is 53.3 Å². The Labute approximate surface area is 209 Å². The molecule has 1 aliphatic heterocycles. The van der Waals surface area contributed by atoms with Gasteiger partial charge in [-0.25, -0.2) is 27.1 Å². The molecule has 1 aliphatic rings. The second kappa shape index (κ2) is 10.3. The fourth-order valence-corrected chi connectivity index (χ4v) is 4.72. The maximum atomic E-state index is 12.8. The smallest absolute Gasteiger partial charge is 0.328 e. The molecule has 2 heterocycles. The minimum absolute atomic E-state index is 0.00286. The predicted molar refractivity (Wildman–Crippen MR) is 131 cm³/mol. The summed E-state index contributed by atoms with van der Waals surface area (Å²) in [6.45, 7) is 1.49. The van der Waals surface area contributed by atoms with Crippen molar-refractivity contribution >= 4 is 31.6 Å². The Morgan fingerprint density at radius 2 is 1.78 bits per heavy atom. The Hall–Kier alpha value is -3.34. The molecule has 0 spiro atoms. The number of ether oxygens (including phenoxy) is 1. The zero-order valence-corrected chi connectivity index (χ0v) is 21.6. The fraction of sp³-hybridized carbons (Fsp3) is 0.391. The van der Waals surface area contributed by atoms with Crippen LogP contribution in [0.2, 0.25) is 0 Å². The first-order chi connectivity index (χ1) is 16.7. The molecule has 2 aromatic rings. The van der Waals surface area contributed by atoms with Crippen LogP contribution in [-0.2, 0) is 31.0 Å². The van der Waals surface area contributed by atoms with Crippen LogP contribution in [0.15, 0.2) is 36.5 Å². The van der Waals surface area contributed by atoms with Crippen molar-refractivity contribution in [3.63, 3.8) is 0 Å². The average Bonchev–Trinajstić information content (AvgIpc) is 3.33. The van der Waals surface area contributed by atoms with Crippen LogP contribution in [0, 0.1) is 11.8 Å². The molecule has 0 aliphatic carbocycles. The summed E-state index contributed by atoms with van der Waals surface area (Å²) in [5.74, 6) is 5.38. The molecule has 0 saturated carbocycles. The molecule has 194 valence electrons. The van der Waals surface area contributed by atoms with Crippen LogP contribution >= 0.6 is 0 Å². The lowest BCUT2D eigenvalue weighted by molar-refractivity contribution is -0.131. The molecule has 1 aromatic carbocycles. The van der Waals surface area contributed by atoms with Crippen LogP contribution in [0.3, 0.4) is 0 Å². The molecule has 1 atom stereocenters. The predicted octanol–water partition coefficient (Wildman–Crippen LogP) is 0.794. The normalized spacial score (nSPS) is 15.0. The summed E-state index contributed by atoms with van der Waals surface area (Å²) in [5, 5.41) is 8.94. The van der Waals surface area contributed by atoms with Crippen LogP contribution in [0.4, 0.5) is 4.79 Å². The first-order valence-electron chi connectivity index (χ1n) is 10.8. The Kier molecular flexibility index (Phi) is 7.82. The van der Waals surface area contributed by atoms with E-state index in [4.69, 9.17) is 9.94 Å². The summed E-state index contributed by atoms with van der Waals surface area (Å²) in [4.78, 5) is 26.2. The molecule has 0 fully saturated rings. The second-order valence-corrected chi connectivity index (χ2v) is 13.4. The molecule has 0 bridgehead atoms. The minimum atomic E-state index is -3.86. The largest absolute Gasteiger partial charge is 0.493 e. The molecular weight excluding hydrogens is 510 g/mol. The number of carbonyl (C=O) groups excluding carboxylic acids is 2. The molecule has 0 saturated heterocycles. The highest BCUT2D eigenvalue weighted by Crippen LogP contribution is 2.25. The minimum Gasteiger partial charge on any atom is -0.493 e. The third-order valence-electron chi connectivity index (χ3n) is 5.92. The van der Waals surface area contributed by atoms with Gasteiger partial charge in [0.05, 0.1) is 12.3 Å². The number of hydroxylamine groups is 1. The number of sulfone groups is 2. The van der Waals surface area contributed by atoms with Crippen LogP contribution < -0.4 is 10.2 Å². The first kappa shape index (κ1) is 27.3. The highest BCUT2D eigenvalue weighted by Gasteiger charge is 2.44.